The van der Waals surface area contributed by atoms with E-state index in [0.29, 0.717) is 19.4 Å². The van der Waals surface area contributed by atoms with Crippen LogP contribution in [0.3, 0.4) is 0 Å². The number of carbonyl (C=O) groups excluding carboxylic acids is 1. The molecule has 0 aliphatic heterocycles. The maximum atomic E-state index is 12.4. The van der Waals surface area contributed by atoms with Gasteiger partial charge in [0, 0.05) is 48.1 Å². The number of fused-ring (bicyclic) bond motifs is 1. The Morgan fingerprint density at radius 2 is 2.24 bits per heavy atom. The first-order chi connectivity index (χ1) is 12.3. The Kier molecular flexibility index (Phi) is 4.51. The lowest BCUT2D eigenvalue weighted by molar-refractivity contribution is -0.125. The van der Waals surface area contributed by atoms with Crippen LogP contribution in [0.1, 0.15) is 22.7 Å². The maximum Gasteiger partial charge on any atom is 0.223 e. The molecule has 8 heteroatoms. The van der Waals surface area contributed by atoms with Crippen LogP contribution < -0.4 is 5.32 Å². The zero-order chi connectivity index (χ0) is 17.1. The molecular formula is C17H18N6OS. The largest absolute Gasteiger partial charge is 0.355 e. The molecule has 0 bridgehead atoms. The van der Waals surface area contributed by atoms with Gasteiger partial charge in [0.05, 0.1) is 17.6 Å². The summed E-state index contributed by atoms with van der Waals surface area (Å²) in [6.45, 7) is 0.577. The molecule has 3 heterocycles. The molecule has 4 rings (SSSR count). The van der Waals surface area contributed by atoms with Crippen molar-refractivity contribution in [1.82, 2.24) is 30.7 Å². The van der Waals surface area contributed by atoms with E-state index in [1.807, 2.05) is 12.1 Å². The third kappa shape index (κ3) is 3.58. The van der Waals surface area contributed by atoms with Crippen LogP contribution in [-0.2, 0) is 24.1 Å². The van der Waals surface area contributed by atoms with Crippen molar-refractivity contribution in [2.75, 3.05) is 6.54 Å². The second-order valence-electron chi connectivity index (χ2n) is 6.07. The molecule has 1 unspecified atom stereocenters. The Balaban J connectivity index is 1.37. The lowest BCUT2D eigenvalue weighted by atomic mass is 9.90. The number of thiazole rings is 1. The number of rotatable bonds is 5. The predicted molar refractivity (Wildman–Crippen MR) is 94.0 cm³/mol. The molecule has 2 N–H and O–H groups in total. The number of pyridine rings is 1. The fourth-order valence-electron chi connectivity index (χ4n) is 3.02. The van der Waals surface area contributed by atoms with Crippen molar-refractivity contribution in [3.05, 3.63) is 47.0 Å². The summed E-state index contributed by atoms with van der Waals surface area (Å²) < 4.78 is 0. The van der Waals surface area contributed by atoms with Crippen molar-refractivity contribution in [3.8, 4) is 10.6 Å². The molecule has 1 aliphatic rings. The maximum absolute atomic E-state index is 12.4. The Morgan fingerprint density at radius 1 is 1.36 bits per heavy atom. The molecule has 0 saturated carbocycles. The standard InChI is InChI=1S/C17H18N6OS/c24-16(19-8-5-13-10-20-23-22-13)12-1-2-15-14(9-12)21-17(25-15)11-3-6-18-7-4-11/h3-4,6-7,10,12H,1-2,5,8-9H2,(H,19,24)(H,20,22,23). The summed E-state index contributed by atoms with van der Waals surface area (Å²) >= 11 is 1.73. The summed E-state index contributed by atoms with van der Waals surface area (Å²) in [7, 11) is 0. The Bertz CT molecular complexity index is 845. The number of nitrogens with zero attached hydrogens (tertiary/aromatic N) is 4. The number of aromatic amines is 1. The molecule has 1 aliphatic carbocycles. The highest BCUT2D eigenvalue weighted by Gasteiger charge is 2.27. The van der Waals surface area contributed by atoms with Gasteiger partial charge >= 0.3 is 0 Å². The van der Waals surface area contributed by atoms with Crippen LogP contribution >= 0.6 is 11.3 Å². The molecule has 0 saturated heterocycles. The highest BCUT2D eigenvalue weighted by Crippen LogP contribution is 2.34. The first-order valence-corrected chi connectivity index (χ1v) is 9.12. The van der Waals surface area contributed by atoms with E-state index in [0.717, 1.165) is 34.8 Å². The molecule has 3 aromatic rings. The molecule has 0 spiro atoms. The third-order valence-corrected chi connectivity index (χ3v) is 5.59. The van der Waals surface area contributed by atoms with E-state index in [1.54, 1.807) is 29.9 Å². The van der Waals surface area contributed by atoms with Gasteiger partial charge in [-0.3, -0.25) is 9.78 Å². The normalized spacial score (nSPS) is 16.4. The second-order valence-corrected chi connectivity index (χ2v) is 7.15. The Morgan fingerprint density at radius 3 is 3.04 bits per heavy atom. The Hall–Kier alpha value is -2.61. The average molecular weight is 354 g/mol. The summed E-state index contributed by atoms with van der Waals surface area (Å²) in [6.07, 6.45) is 8.42. The minimum atomic E-state index is -0.00259. The van der Waals surface area contributed by atoms with Crippen LogP contribution in [0.25, 0.3) is 10.6 Å². The van der Waals surface area contributed by atoms with Gasteiger partial charge in [-0.1, -0.05) is 0 Å². The fourth-order valence-corrected chi connectivity index (χ4v) is 4.13. The molecule has 25 heavy (non-hydrogen) atoms. The van der Waals surface area contributed by atoms with E-state index in [4.69, 9.17) is 4.98 Å². The van der Waals surface area contributed by atoms with E-state index in [2.05, 4.69) is 25.7 Å². The molecule has 7 nitrogen and oxygen atoms in total. The number of H-pyrrole nitrogens is 1. The van der Waals surface area contributed by atoms with Gasteiger partial charge in [0.15, 0.2) is 0 Å². The van der Waals surface area contributed by atoms with Crippen LogP contribution in [-0.4, -0.2) is 37.8 Å². The van der Waals surface area contributed by atoms with Crippen LogP contribution in [0.5, 0.6) is 0 Å². The summed E-state index contributed by atoms with van der Waals surface area (Å²) in [4.78, 5) is 22.5. The summed E-state index contributed by atoms with van der Waals surface area (Å²) in [5.41, 5.74) is 3.01. The number of nitrogens with one attached hydrogen (secondary N) is 2. The van der Waals surface area contributed by atoms with Gasteiger partial charge in [-0.05, 0) is 25.0 Å². The molecule has 1 atom stereocenters. The van der Waals surface area contributed by atoms with Crippen LogP contribution in [0.15, 0.2) is 30.7 Å². The summed E-state index contributed by atoms with van der Waals surface area (Å²) in [5.74, 6) is 0.102. The van der Waals surface area contributed by atoms with Crippen molar-refractivity contribution >= 4 is 17.2 Å². The number of hydrogen-bond donors (Lipinski definition) is 2. The average Bonchev–Trinajstić information content (AvgIpc) is 3.31. The van der Waals surface area contributed by atoms with Gasteiger partial charge in [-0.25, -0.2) is 4.98 Å². The lowest BCUT2D eigenvalue weighted by Crippen LogP contribution is -2.35. The lowest BCUT2D eigenvalue weighted by Gasteiger charge is -2.20. The fraction of sp³-hybridized carbons (Fsp3) is 0.353. The smallest absolute Gasteiger partial charge is 0.223 e. The van der Waals surface area contributed by atoms with E-state index in [-0.39, 0.29) is 11.8 Å². The second kappa shape index (κ2) is 7.10. The highest BCUT2D eigenvalue weighted by atomic mass is 32.1. The van der Waals surface area contributed by atoms with E-state index >= 15 is 0 Å². The monoisotopic (exact) mass is 354 g/mol. The number of carbonyl (C=O) groups is 1. The van der Waals surface area contributed by atoms with Gasteiger partial charge in [0.2, 0.25) is 5.91 Å². The predicted octanol–water partition coefficient (Wildman–Crippen LogP) is 1.79. The quantitative estimate of drug-likeness (QED) is 0.728. The molecule has 0 radical (unpaired) electrons. The zero-order valence-corrected chi connectivity index (χ0v) is 14.4. The van der Waals surface area contributed by atoms with Crippen molar-refractivity contribution in [1.29, 1.82) is 0 Å². The molecule has 0 fully saturated rings. The molecule has 128 valence electrons. The minimum Gasteiger partial charge on any atom is -0.355 e. The van der Waals surface area contributed by atoms with Crippen LogP contribution in [0, 0.1) is 5.92 Å². The third-order valence-electron chi connectivity index (χ3n) is 4.38. The SMILES string of the molecule is O=C(NCCc1cn[nH]n1)C1CCc2sc(-c3ccncc3)nc2C1. The summed E-state index contributed by atoms with van der Waals surface area (Å²) in [5, 5.41) is 14.3. The van der Waals surface area contributed by atoms with E-state index in [1.165, 1.54) is 4.88 Å². The van der Waals surface area contributed by atoms with Crippen LogP contribution in [0.4, 0.5) is 0 Å². The van der Waals surface area contributed by atoms with Crippen molar-refractivity contribution in [3.63, 3.8) is 0 Å². The highest BCUT2D eigenvalue weighted by molar-refractivity contribution is 7.15. The van der Waals surface area contributed by atoms with E-state index in [9.17, 15) is 4.79 Å². The van der Waals surface area contributed by atoms with E-state index < -0.39 is 0 Å². The van der Waals surface area contributed by atoms with Crippen LogP contribution in [0.2, 0.25) is 0 Å². The molecule has 0 aromatic carbocycles. The molecule has 3 aromatic heterocycles. The number of amides is 1. The molecular weight excluding hydrogens is 336 g/mol. The van der Waals surface area contributed by atoms with Gasteiger partial charge in [-0.15, -0.1) is 11.3 Å². The zero-order valence-electron chi connectivity index (χ0n) is 13.6. The number of aryl methyl sites for hydroxylation is 1. The van der Waals surface area contributed by atoms with Gasteiger partial charge in [0.25, 0.3) is 0 Å². The van der Waals surface area contributed by atoms with Gasteiger partial charge in [-0.2, -0.15) is 15.4 Å². The number of hydrogen-bond acceptors (Lipinski definition) is 6. The molecule has 1 amide bonds. The van der Waals surface area contributed by atoms with Crippen molar-refractivity contribution in [2.45, 2.75) is 25.7 Å². The Labute approximate surface area is 148 Å². The first kappa shape index (κ1) is 15.9. The first-order valence-electron chi connectivity index (χ1n) is 8.31. The van der Waals surface area contributed by atoms with Crippen molar-refractivity contribution < 1.29 is 4.79 Å². The number of aromatic nitrogens is 5. The minimum absolute atomic E-state index is 0.00259. The van der Waals surface area contributed by atoms with Gasteiger partial charge < -0.3 is 5.32 Å². The van der Waals surface area contributed by atoms with Gasteiger partial charge in [0.1, 0.15) is 5.01 Å². The summed E-state index contributed by atoms with van der Waals surface area (Å²) in [6, 6.07) is 3.94. The van der Waals surface area contributed by atoms with Crippen molar-refractivity contribution in [2.24, 2.45) is 5.92 Å². The topological polar surface area (TPSA) is 96.5 Å².